The van der Waals surface area contributed by atoms with Crippen LogP contribution in [0, 0.1) is 23.2 Å². The smallest absolute Gasteiger partial charge is 0.127 e. The lowest BCUT2D eigenvalue weighted by Gasteiger charge is -2.51. The monoisotopic (exact) mass is 323 g/mol. The molecule has 0 aromatic heterocycles. The number of anilines is 1. The van der Waals surface area contributed by atoms with E-state index in [2.05, 4.69) is 28.4 Å². The average molecular weight is 323 g/mol. The predicted octanol–water partition coefficient (Wildman–Crippen LogP) is 4.43. The van der Waals surface area contributed by atoms with E-state index in [0.717, 1.165) is 49.5 Å². The second-order valence-electron chi connectivity index (χ2n) is 8.09. The first-order chi connectivity index (χ1) is 11.8. The maximum absolute atomic E-state index is 9.83. The Hall–Kier alpha value is -1.53. The van der Waals surface area contributed by atoms with Gasteiger partial charge in [0, 0.05) is 24.8 Å². The lowest BCUT2D eigenvalue weighted by molar-refractivity contribution is 0.00474. The maximum Gasteiger partial charge on any atom is 0.127 e. The summed E-state index contributed by atoms with van der Waals surface area (Å²) < 4.78 is 0. The summed E-state index contributed by atoms with van der Waals surface area (Å²) in [5, 5.41) is 13.4. The zero-order chi connectivity index (χ0) is 16.4. The van der Waals surface area contributed by atoms with E-state index in [-0.39, 0.29) is 5.54 Å². The minimum Gasteiger partial charge on any atom is -0.367 e. The number of nitriles is 1. The molecule has 0 amide bonds. The van der Waals surface area contributed by atoms with Crippen molar-refractivity contribution in [3.8, 4) is 6.07 Å². The Labute approximate surface area is 146 Å². The minimum atomic E-state index is -0.387. The van der Waals surface area contributed by atoms with E-state index in [4.69, 9.17) is 0 Å². The quantitative estimate of drug-likeness (QED) is 0.894. The zero-order valence-electron chi connectivity index (χ0n) is 14.6. The van der Waals surface area contributed by atoms with Crippen molar-refractivity contribution in [2.45, 2.75) is 62.9 Å². The lowest BCUT2D eigenvalue weighted by atomic mass is 9.67. The van der Waals surface area contributed by atoms with E-state index >= 15 is 0 Å². The largest absolute Gasteiger partial charge is 0.367 e. The van der Waals surface area contributed by atoms with Gasteiger partial charge in [0.25, 0.3) is 0 Å². The molecule has 1 heterocycles. The third kappa shape index (κ3) is 3.05. The van der Waals surface area contributed by atoms with Gasteiger partial charge >= 0.3 is 0 Å². The molecule has 0 atom stereocenters. The average Bonchev–Trinajstić information content (AvgIpc) is 2.62. The van der Waals surface area contributed by atoms with E-state index in [1.165, 1.54) is 38.5 Å². The summed E-state index contributed by atoms with van der Waals surface area (Å²) in [4.78, 5) is 2.75. The van der Waals surface area contributed by atoms with Crippen LogP contribution in [0.2, 0.25) is 0 Å². The Kier molecular flexibility index (Phi) is 4.50. The standard InChI is InChI=1S/C21H29N3/c22-16-21(23-19-10-2-1-3-11-19)12-14-24(15-13-21)20-17-6-4-7-18(20)9-5-8-17/h1-3,10-11,17-18,20,23H,4-9,12-15H2. The third-order valence-electron chi connectivity index (χ3n) is 6.71. The molecule has 1 saturated heterocycles. The molecule has 3 aliphatic rings. The highest BCUT2D eigenvalue weighted by Gasteiger charge is 2.43. The summed E-state index contributed by atoms with van der Waals surface area (Å²) in [6.07, 6.45) is 10.5. The van der Waals surface area contributed by atoms with Crippen LogP contribution in [0.1, 0.15) is 51.4 Å². The normalized spacial score (nSPS) is 32.7. The molecule has 1 aliphatic heterocycles. The van der Waals surface area contributed by atoms with E-state index < -0.39 is 0 Å². The summed E-state index contributed by atoms with van der Waals surface area (Å²) in [7, 11) is 0. The second-order valence-corrected chi connectivity index (χ2v) is 8.09. The Balaban J connectivity index is 1.43. The first-order valence-electron chi connectivity index (χ1n) is 9.78. The molecule has 0 radical (unpaired) electrons. The number of hydrogen-bond acceptors (Lipinski definition) is 3. The Morgan fingerprint density at radius 1 is 0.958 bits per heavy atom. The van der Waals surface area contributed by atoms with Gasteiger partial charge in [-0.15, -0.1) is 0 Å². The fraction of sp³-hybridized carbons (Fsp3) is 0.667. The molecule has 1 N–H and O–H groups in total. The van der Waals surface area contributed by atoms with Gasteiger partial charge in [-0.05, 0) is 62.5 Å². The molecule has 24 heavy (non-hydrogen) atoms. The van der Waals surface area contributed by atoms with E-state index in [0.29, 0.717) is 0 Å². The van der Waals surface area contributed by atoms with Gasteiger partial charge in [-0.25, -0.2) is 0 Å². The highest BCUT2D eigenvalue weighted by Crippen LogP contribution is 2.44. The van der Waals surface area contributed by atoms with Crippen LogP contribution in [0.15, 0.2) is 30.3 Å². The lowest BCUT2D eigenvalue weighted by Crippen LogP contribution is -2.56. The van der Waals surface area contributed by atoms with Crippen molar-refractivity contribution >= 4 is 5.69 Å². The Morgan fingerprint density at radius 2 is 1.54 bits per heavy atom. The van der Waals surface area contributed by atoms with Crippen LogP contribution in [-0.2, 0) is 0 Å². The van der Waals surface area contributed by atoms with Gasteiger partial charge in [-0.2, -0.15) is 5.26 Å². The summed E-state index contributed by atoms with van der Waals surface area (Å²) >= 11 is 0. The highest BCUT2D eigenvalue weighted by atomic mass is 15.2. The molecular weight excluding hydrogens is 294 g/mol. The summed E-state index contributed by atoms with van der Waals surface area (Å²) in [5.41, 5.74) is 0.684. The molecule has 2 saturated carbocycles. The van der Waals surface area contributed by atoms with Gasteiger partial charge in [0.15, 0.2) is 0 Å². The number of hydrogen-bond donors (Lipinski definition) is 1. The first-order valence-corrected chi connectivity index (χ1v) is 9.78. The molecule has 0 spiro atoms. The molecule has 2 bridgehead atoms. The van der Waals surface area contributed by atoms with Crippen molar-refractivity contribution in [2.24, 2.45) is 11.8 Å². The van der Waals surface area contributed by atoms with Crippen LogP contribution >= 0.6 is 0 Å². The molecule has 1 aromatic carbocycles. The van der Waals surface area contributed by atoms with Gasteiger partial charge in [-0.1, -0.05) is 31.0 Å². The number of rotatable bonds is 3. The van der Waals surface area contributed by atoms with Gasteiger partial charge < -0.3 is 5.32 Å². The predicted molar refractivity (Wildman–Crippen MR) is 97.7 cm³/mol. The topological polar surface area (TPSA) is 39.1 Å². The van der Waals surface area contributed by atoms with E-state index in [1.54, 1.807) is 0 Å². The van der Waals surface area contributed by atoms with Crippen LogP contribution in [0.5, 0.6) is 0 Å². The molecule has 1 aromatic rings. The van der Waals surface area contributed by atoms with Crippen molar-refractivity contribution in [2.75, 3.05) is 18.4 Å². The molecule has 128 valence electrons. The van der Waals surface area contributed by atoms with Crippen LogP contribution in [0.25, 0.3) is 0 Å². The van der Waals surface area contributed by atoms with Gasteiger partial charge in [0.2, 0.25) is 0 Å². The van der Waals surface area contributed by atoms with Crippen molar-refractivity contribution in [1.29, 1.82) is 5.26 Å². The van der Waals surface area contributed by atoms with E-state index in [9.17, 15) is 5.26 Å². The minimum absolute atomic E-state index is 0.387. The third-order valence-corrected chi connectivity index (χ3v) is 6.71. The number of benzene rings is 1. The number of piperidine rings is 1. The highest BCUT2D eigenvalue weighted by molar-refractivity contribution is 5.47. The number of nitrogens with zero attached hydrogens (tertiary/aromatic N) is 2. The van der Waals surface area contributed by atoms with Crippen LogP contribution < -0.4 is 5.32 Å². The number of para-hydroxylation sites is 1. The fourth-order valence-electron chi connectivity index (χ4n) is 5.50. The van der Waals surface area contributed by atoms with Gasteiger partial charge in [-0.3, -0.25) is 4.90 Å². The maximum atomic E-state index is 9.83. The second kappa shape index (κ2) is 6.76. The molecule has 0 unspecified atom stereocenters. The summed E-state index contributed by atoms with van der Waals surface area (Å²) in [6.45, 7) is 2.15. The SMILES string of the molecule is N#CC1(Nc2ccccc2)CCN(C2C3CCCC2CCC3)CC1. The van der Waals surface area contributed by atoms with Crippen LogP contribution in [0.3, 0.4) is 0 Å². The Morgan fingerprint density at radius 3 is 2.08 bits per heavy atom. The van der Waals surface area contributed by atoms with Gasteiger partial charge in [0.1, 0.15) is 5.54 Å². The molecule has 3 fully saturated rings. The number of nitrogens with one attached hydrogen (secondary N) is 1. The molecule has 2 aliphatic carbocycles. The molecule has 3 heteroatoms. The van der Waals surface area contributed by atoms with Crippen LogP contribution in [-0.4, -0.2) is 29.6 Å². The molecular formula is C21H29N3. The summed E-state index contributed by atoms with van der Waals surface area (Å²) in [5.74, 6) is 1.85. The fourth-order valence-corrected chi connectivity index (χ4v) is 5.50. The van der Waals surface area contributed by atoms with E-state index in [1.807, 2.05) is 18.2 Å². The van der Waals surface area contributed by atoms with Crippen molar-refractivity contribution in [3.63, 3.8) is 0 Å². The van der Waals surface area contributed by atoms with Gasteiger partial charge in [0.05, 0.1) is 6.07 Å². The number of fused-ring (bicyclic) bond motifs is 2. The first kappa shape index (κ1) is 16.0. The van der Waals surface area contributed by atoms with Crippen molar-refractivity contribution in [3.05, 3.63) is 30.3 Å². The molecule has 3 nitrogen and oxygen atoms in total. The summed E-state index contributed by atoms with van der Waals surface area (Å²) in [6, 6.07) is 13.6. The van der Waals surface area contributed by atoms with Crippen molar-refractivity contribution < 1.29 is 0 Å². The van der Waals surface area contributed by atoms with Crippen molar-refractivity contribution in [1.82, 2.24) is 4.90 Å². The Bertz CT molecular complexity index is 561. The van der Waals surface area contributed by atoms with Crippen LogP contribution in [0.4, 0.5) is 5.69 Å². The molecule has 4 rings (SSSR count). The zero-order valence-corrected chi connectivity index (χ0v) is 14.6. The number of likely N-dealkylation sites (tertiary alicyclic amines) is 1.